The molecule has 0 radical (unpaired) electrons. The van der Waals surface area contributed by atoms with E-state index in [1.807, 2.05) is 0 Å². The highest BCUT2D eigenvalue weighted by Crippen LogP contribution is 2.21. The van der Waals surface area contributed by atoms with Crippen molar-refractivity contribution in [3.63, 3.8) is 0 Å². The van der Waals surface area contributed by atoms with Gasteiger partial charge < -0.3 is 10.6 Å². The SMILES string of the molecule is CN1CCN(Cc2ccc(-c3ccc(CC(N)C#N)cc3)cc2)CC1. The van der Waals surface area contributed by atoms with Crippen LogP contribution in [0, 0.1) is 11.3 Å². The summed E-state index contributed by atoms with van der Waals surface area (Å²) in [6, 6.07) is 18.8. The smallest absolute Gasteiger partial charge is 0.0968 e. The first kappa shape index (κ1) is 17.6. The summed E-state index contributed by atoms with van der Waals surface area (Å²) in [6.07, 6.45) is 0.598. The molecule has 0 amide bonds. The van der Waals surface area contributed by atoms with E-state index < -0.39 is 6.04 Å². The van der Waals surface area contributed by atoms with Gasteiger partial charge in [-0.2, -0.15) is 5.26 Å². The van der Waals surface area contributed by atoms with Crippen molar-refractivity contribution in [3.05, 3.63) is 59.7 Å². The third kappa shape index (κ3) is 4.90. The first-order valence-electron chi connectivity index (χ1n) is 8.88. The molecular formula is C21H26N4. The molecule has 1 aliphatic heterocycles. The molecule has 0 bridgehead atoms. The fourth-order valence-electron chi connectivity index (χ4n) is 3.20. The minimum absolute atomic E-state index is 0.431. The van der Waals surface area contributed by atoms with Crippen molar-refractivity contribution >= 4 is 0 Å². The van der Waals surface area contributed by atoms with E-state index >= 15 is 0 Å². The Labute approximate surface area is 150 Å². The van der Waals surface area contributed by atoms with Crippen molar-refractivity contribution in [2.45, 2.75) is 19.0 Å². The number of hydrogen-bond donors (Lipinski definition) is 1. The van der Waals surface area contributed by atoms with Gasteiger partial charge in [-0.15, -0.1) is 0 Å². The summed E-state index contributed by atoms with van der Waals surface area (Å²) in [7, 11) is 2.19. The Morgan fingerprint density at radius 3 is 1.96 bits per heavy atom. The average Bonchev–Trinajstić information content (AvgIpc) is 2.65. The largest absolute Gasteiger partial charge is 0.316 e. The lowest BCUT2D eigenvalue weighted by molar-refractivity contribution is 0.148. The highest BCUT2D eigenvalue weighted by molar-refractivity contribution is 5.64. The fraction of sp³-hybridized carbons (Fsp3) is 0.381. The Bertz CT molecular complexity index is 707. The molecule has 2 N–H and O–H groups in total. The Kier molecular flexibility index (Phi) is 5.83. The summed E-state index contributed by atoms with van der Waals surface area (Å²) >= 11 is 0. The number of nitrogens with two attached hydrogens (primary N) is 1. The molecule has 2 aromatic carbocycles. The standard InChI is InChI=1S/C21H26N4/c1-24-10-12-25(13-11-24)16-18-4-8-20(9-5-18)19-6-2-17(3-7-19)14-21(23)15-22/h2-9,21H,10-14,16,23H2,1H3. The summed E-state index contributed by atoms with van der Waals surface area (Å²) in [4.78, 5) is 4.90. The highest BCUT2D eigenvalue weighted by atomic mass is 15.2. The van der Waals surface area contributed by atoms with Crippen LogP contribution in [0.5, 0.6) is 0 Å². The molecule has 4 nitrogen and oxygen atoms in total. The van der Waals surface area contributed by atoms with Gasteiger partial charge in [-0.1, -0.05) is 48.5 Å². The molecule has 4 heteroatoms. The van der Waals surface area contributed by atoms with Crippen molar-refractivity contribution in [3.8, 4) is 17.2 Å². The number of rotatable bonds is 5. The Balaban J connectivity index is 1.61. The van der Waals surface area contributed by atoms with Crippen molar-refractivity contribution < 1.29 is 0 Å². The topological polar surface area (TPSA) is 56.3 Å². The molecule has 2 aromatic rings. The van der Waals surface area contributed by atoms with Crippen LogP contribution in [-0.2, 0) is 13.0 Å². The van der Waals surface area contributed by atoms with Crippen LogP contribution in [0.3, 0.4) is 0 Å². The monoisotopic (exact) mass is 334 g/mol. The lowest BCUT2D eigenvalue weighted by atomic mass is 10.00. The zero-order valence-corrected chi connectivity index (χ0v) is 14.9. The molecule has 1 fully saturated rings. The Morgan fingerprint density at radius 1 is 0.920 bits per heavy atom. The number of hydrogen-bond acceptors (Lipinski definition) is 4. The van der Waals surface area contributed by atoms with Crippen LogP contribution >= 0.6 is 0 Å². The fourth-order valence-corrected chi connectivity index (χ4v) is 3.20. The zero-order valence-electron chi connectivity index (χ0n) is 14.9. The molecule has 25 heavy (non-hydrogen) atoms. The summed E-state index contributed by atoms with van der Waals surface area (Å²) in [5.41, 5.74) is 10.6. The van der Waals surface area contributed by atoms with Gasteiger partial charge in [0.1, 0.15) is 0 Å². The van der Waals surface area contributed by atoms with Gasteiger partial charge in [0.05, 0.1) is 12.1 Å². The lowest BCUT2D eigenvalue weighted by Crippen LogP contribution is -2.43. The van der Waals surface area contributed by atoms with Crippen molar-refractivity contribution in [1.29, 1.82) is 5.26 Å². The van der Waals surface area contributed by atoms with Crippen LogP contribution in [0.2, 0.25) is 0 Å². The van der Waals surface area contributed by atoms with E-state index in [1.165, 1.54) is 16.7 Å². The summed E-state index contributed by atoms with van der Waals surface area (Å²) in [5.74, 6) is 0. The second-order valence-electron chi connectivity index (χ2n) is 6.91. The van der Waals surface area contributed by atoms with Crippen LogP contribution in [0.15, 0.2) is 48.5 Å². The van der Waals surface area contributed by atoms with Gasteiger partial charge in [0.2, 0.25) is 0 Å². The molecule has 0 aromatic heterocycles. The second-order valence-corrected chi connectivity index (χ2v) is 6.91. The van der Waals surface area contributed by atoms with Crippen molar-refractivity contribution in [2.75, 3.05) is 33.2 Å². The third-order valence-electron chi connectivity index (χ3n) is 4.86. The van der Waals surface area contributed by atoms with E-state index in [-0.39, 0.29) is 0 Å². The van der Waals surface area contributed by atoms with E-state index in [1.54, 1.807) is 0 Å². The molecule has 0 aliphatic carbocycles. The molecule has 0 spiro atoms. The second kappa shape index (κ2) is 8.26. The van der Waals surface area contributed by atoms with Crippen molar-refractivity contribution in [1.82, 2.24) is 9.80 Å². The van der Waals surface area contributed by atoms with E-state index in [0.717, 1.165) is 38.3 Å². The first-order chi connectivity index (χ1) is 12.1. The zero-order chi connectivity index (χ0) is 17.6. The van der Waals surface area contributed by atoms with Crippen LogP contribution in [0.1, 0.15) is 11.1 Å². The number of nitriles is 1. The molecule has 3 rings (SSSR count). The van der Waals surface area contributed by atoms with Crippen molar-refractivity contribution in [2.24, 2.45) is 5.73 Å². The van der Waals surface area contributed by atoms with E-state index in [2.05, 4.69) is 71.4 Å². The molecule has 1 atom stereocenters. The number of piperazine rings is 1. The highest BCUT2D eigenvalue weighted by Gasteiger charge is 2.13. The van der Waals surface area contributed by atoms with Gasteiger partial charge in [0.15, 0.2) is 0 Å². The maximum Gasteiger partial charge on any atom is 0.0968 e. The minimum Gasteiger partial charge on any atom is -0.316 e. The molecule has 1 aliphatic rings. The normalized spacial score (nSPS) is 17.2. The number of benzene rings is 2. The van der Waals surface area contributed by atoms with Gasteiger partial charge in [-0.3, -0.25) is 4.90 Å². The molecule has 1 unspecified atom stereocenters. The average molecular weight is 334 g/mol. The quantitative estimate of drug-likeness (QED) is 0.913. The van der Waals surface area contributed by atoms with E-state index in [9.17, 15) is 0 Å². The van der Waals surface area contributed by atoms with Gasteiger partial charge in [0, 0.05) is 39.1 Å². The number of likely N-dealkylation sites (N-methyl/N-ethyl adjacent to an activating group) is 1. The molecular weight excluding hydrogens is 308 g/mol. The Morgan fingerprint density at radius 2 is 1.44 bits per heavy atom. The maximum absolute atomic E-state index is 8.80. The Hall–Kier alpha value is -2.19. The first-order valence-corrected chi connectivity index (χ1v) is 8.88. The summed E-state index contributed by atoms with van der Waals surface area (Å²) < 4.78 is 0. The molecule has 130 valence electrons. The van der Waals surface area contributed by atoms with Crippen LogP contribution in [0.4, 0.5) is 0 Å². The van der Waals surface area contributed by atoms with Crippen LogP contribution < -0.4 is 5.73 Å². The van der Waals surface area contributed by atoms with Gasteiger partial charge >= 0.3 is 0 Å². The molecule has 1 heterocycles. The molecule has 0 saturated carbocycles. The van der Waals surface area contributed by atoms with Gasteiger partial charge in [0.25, 0.3) is 0 Å². The van der Waals surface area contributed by atoms with Gasteiger partial charge in [-0.05, 0) is 29.3 Å². The van der Waals surface area contributed by atoms with E-state index in [0.29, 0.717) is 6.42 Å². The summed E-state index contributed by atoms with van der Waals surface area (Å²) in [6.45, 7) is 5.62. The molecule has 1 saturated heterocycles. The van der Waals surface area contributed by atoms with Gasteiger partial charge in [-0.25, -0.2) is 0 Å². The predicted molar refractivity (Wildman–Crippen MR) is 102 cm³/mol. The summed E-state index contributed by atoms with van der Waals surface area (Å²) in [5, 5.41) is 8.80. The lowest BCUT2D eigenvalue weighted by Gasteiger charge is -2.32. The third-order valence-corrected chi connectivity index (χ3v) is 4.86. The van der Waals surface area contributed by atoms with E-state index in [4.69, 9.17) is 11.0 Å². The van der Waals surface area contributed by atoms with Crippen LogP contribution in [-0.4, -0.2) is 49.1 Å². The minimum atomic E-state index is -0.431. The maximum atomic E-state index is 8.80. The predicted octanol–water partition coefficient (Wildman–Crippen LogP) is 2.49. The van der Waals surface area contributed by atoms with Crippen LogP contribution in [0.25, 0.3) is 11.1 Å². The number of nitrogens with zero attached hydrogens (tertiary/aromatic N) is 3.